The van der Waals surface area contributed by atoms with Crippen molar-refractivity contribution in [2.75, 3.05) is 57.0 Å². The molecule has 3 aromatic heterocycles. The molecular formula is C24H28ClN9O. The molecular weight excluding hydrogens is 466 g/mol. The average molecular weight is 494 g/mol. The Balaban J connectivity index is 1.48. The maximum absolute atomic E-state index is 12.2. The van der Waals surface area contributed by atoms with Crippen molar-refractivity contribution in [1.82, 2.24) is 34.7 Å². The quantitative estimate of drug-likeness (QED) is 0.422. The SMILES string of the molecule is CC(Nc1ncnc2nc[nH]c12)c1cc(Cl)c2cccnc2c1N1CCN(CC(=O)N(C)C)CC1. The minimum atomic E-state index is -0.122. The summed E-state index contributed by atoms with van der Waals surface area (Å²) in [6, 6.07) is 5.80. The lowest BCUT2D eigenvalue weighted by Gasteiger charge is -2.38. The molecule has 1 aliphatic heterocycles. The van der Waals surface area contributed by atoms with E-state index in [-0.39, 0.29) is 11.9 Å². The van der Waals surface area contributed by atoms with Crippen LogP contribution < -0.4 is 10.2 Å². The summed E-state index contributed by atoms with van der Waals surface area (Å²) < 4.78 is 0. The number of hydrogen-bond acceptors (Lipinski definition) is 8. The van der Waals surface area contributed by atoms with Gasteiger partial charge in [-0.05, 0) is 25.1 Å². The molecule has 1 fully saturated rings. The molecule has 4 aromatic rings. The van der Waals surface area contributed by atoms with Gasteiger partial charge in [0.25, 0.3) is 0 Å². The summed E-state index contributed by atoms with van der Waals surface area (Å²) >= 11 is 6.73. The molecule has 0 radical (unpaired) electrons. The Labute approximate surface area is 208 Å². The molecule has 1 amide bonds. The third kappa shape index (κ3) is 4.59. The fourth-order valence-corrected chi connectivity index (χ4v) is 4.76. The van der Waals surface area contributed by atoms with Gasteiger partial charge >= 0.3 is 0 Å². The van der Waals surface area contributed by atoms with E-state index >= 15 is 0 Å². The van der Waals surface area contributed by atoms with Gasteiger partial charge in [-0.1, -0.05) is 11.6 Å². The summed E-state index contributed by atoms with van der Waals surface area (Å²) in [7, 11) is 3.58. The summed E-state index contributed by atoms with van der Waals surface area (Å²) in [5, 5.41) is 5.09. The minimum absolute atomic E-state index is 0.116. The first kappa shape index (κ1) is 23.3. The molecule has 1 aliphatic rings. The topological polar surface area (TPSA) is 106 Å². The molecule has 1 aromatic carbocycles. The van der Waals surface area contributed by atoms with E-state index in [1.54, 1.807) is 31.5 Å². The molecule has 0 spiro atoms. The molecule has 5 rings (SSSR count). The van der Waals surface area contributed by atoms with Gasteiger partial charge in [0.15, 0.2) is 11.5 Å². The van der Waals surface area contributed by atoms with Crippen LogP contribution in [-0.2, 0) is 4.79 Å². The van der Waals surface area contributed by atoms with Gasteiger partial charge in [0.1, 0.15) is 11.8 Å². The van der Waals surface area contributed by atoms with Crippen molar-refractivity contribution >= 4 is 51.1 Å². The zero-order valence-electron chi connectivity index (χ0n) is 20.0. The van der Waals surface area contributed by atoms with Crippen LogP contribution in [-0.4, -0.2) is 87.4 Å². The number of benzene rings is 1. The van der Waals surface area contributed by atoms with Crippen LogP contribution in [0.15, 0.2) is 37.1 Å². The maximum Gasteiger partial charge on any atom is 0.236 e. The number of piperazine rings is 1. The molecule has 10 nitrogen and oxygen atoms in total. The van der Waals surface area contributed by atoms with Gasteiger partial charge in [0.2, 0.25) is 5.91 Å². The Hall–Kier alpha value is -3.50. The van der Waals surface area contributed by atoms with Crippen molar-refractivity contribution < 1.29 is 4.79 Å². The highest BCUT2D eigenvalue weighted by Gasteiger charge is 2.26. The highest BCUT2D eigenvalue weighted by molar-refractivity contribution is 6.36. The molecule has 1 atom stereocenters. The summed E-state index contributed by atoms with van der Waals surface area (Å²) in [4.78, 5) is 39.1. The number of H-pyrrole nitrogens is 1. The molecule has 182 valence electrons. The molecule has 2 N–H and O–H groups in total. The van der Waals surface area contributed by atoms with E-state index in [9.17, 15) is 4.79 Å². The second kappa shape index (κ2) is 9.63. The summed E-state index contributed by atoms with van der Waals surface area (Å²) in [6.07, 6.45) is 4.91. The zero-order chi connectivity index (χ0) is 24.5. The Kier molecular flexibility index (Phi) is 6.40. The normalized spacial score (nSPS) is 15.5. The first-order chi connectivity index (χ1) is 16.9. The minimum Gasteiger partial charge on any atom is -0.367 e. The number of halogens is 1. The number of pyridine rings is 1. The molecule has 1 unspecified atom stereocenters. The van der Waals surface area contributed by atoms with Crippen LogP contribution >= 0.6 is 11.6 Å². The second-order valence-electron chi connectivity index (χ2n) is 8.94. The van der Waals surface area contributed by atoms with Crippen molar-refractivity contribution in [3.63, 3.8) is 0 Å². The first-order valence-corrected chi connectivity index (χ1v) is 12.0. The summed E-state index contributed by atoms with van der Waals surface area (Å²) in [5.74, 6) is 0.792. The van der Waals surface area contributed by atoms with Crippen LogP contribution in [0.5, 0.6) is 0 Å². The highest BCUT2D eigenvalue weighted by Crippen LogP contribution is 2.39. The van der Waals surface area contributed by atoms with E-state index in [2.05, 4.69) is 42.0 Å². The number of likely N-dealkylation sites (N-methyl/N-ethyl adjacent to an activating group) is 1. The molecule has 11 heteroatoms. The number of fused-ring (bicyclic) bond motifs is 2. The van der Waals surface area contributed by atoms with Crippen molar-refractivity contribution in [3.05, 3.63) is 47.6 Å². The maximum atomic E-state index is 12.2. The number of anilines is 2. The lowest BCUT2D eigenvalue weighted by molar-refractivity contribution is -0.129. The molecule has 4 heterocycles. The van der Waals surface area contributed by atoms with Gasteiger partial charge in [-0.15, -0.1) is 0 Å². The summed E-state index contributed by atoms with van der Waals surface area (Å²) in [6.45, 7) is 5.66. The number of rotatable bonds is 6. The van der Waals surface area contributed by atoms with Crippen LogP contribution in [0.25, 0.3) is 22.1 Å². The number of aromatic amines is 1. The Morgan fingerprint density at radius 2 is 2.00 bits per heavy atom. The lowest BCUT2D eigenvalue weighted by Crippen LogP contribution is -2.49. The highest BCUT2D eigenvalue weighted by atomic mass is 35.5. The summed E-state index contributed by atoms with van der Waals surface area (Å²) in [5.41, 5.74) is 4.32. The molecule has 0 bridgehead atoms. The monoisotopic (exact) mass is 493 g/mol. The van der Waals surface area contributed by atoms with Crippen LogP contribution in [0.2, 0.25) is 5.02 Å². The lowest BCUT2D eigenvalue weighted by atomic mass is 10.0. The van der Waals surface area contributed by atoms with Crippen molar-refractivity contribution in [2.45, 2.75) is 13.0 Å². The molecule has 0 saturated carbocycles. The van der Waals surface area contributed by atoms with Crippen LogP contribution in [0, 0.1) is 0 Å². The fraction of sp³-hybridized carbons (Fsp3) is 0.375. The Morgan fingerprint density at radius 3 is 2.77 bits per heavy atom. The number of nitrogens with one attached hydrogen (secondary N) is 2. The predicted octanol–water partition coefficient (Wildman–Crippen LogP) is 2.94. The van der Waals surface area contributed by atoms with Gasteiger partial charge in [0.05, 0.1) is 35.1 Å². The number of carbonyl (C=O) groups is 1. The number of nitrogens with zero attached hydrogens (tertiary/aromatic N) is 7. The number of carbonyl (C=O) groups excluding carboxylic acids is 1. The van der Waals surface area contributed by atoms with Crippen molar-refractivity contribution in [2.24, 2.45) is 0 Å². The predicted molar refractivity (Wildman–Crippen MR) is 138 cm³/mol. The smallest absolute Gasteiger partial charge is 0.236 e. The number of imidazole rings is 1. The standard InChI is InChI=1S/C24H28ClN9O/c1-15(31-24-21-23(28-13-27-21)29-14-30-24)17-11-18(25)16-5-4-6-26-20(16)22(17)34-9-7-33(8-10-34)12-19(35)32(2)3/h4-6,11,13-15H,7-10,12H2,1-3H3,(H2,27,28,29,30,31). The van der Waals surface area contributed by atoms with E-state index in [0.717, 1.165) is 53.8 Å². The van der Waals surface area contributed by atoms with Gasteiger partial charge in [-0.3, -0.25) is 14.7 Å². The van der Waals surface area contributed by atoms with E-state index in [4.69, 9.17) is 16.6 Å². The van der Waals surface area contributed by atoms with E-state index in [0.29, 0.717) is 23.0 Å². The second-order valence-corrected chi connectivity index (χ2v) is 9.34. The first-order valence-electron chi connectivity index (χ1n) is 11.6. The van der Waals surface area contributed by atoms with Crippen molar-refractivity contribution in [1.29, 1.82) is 0 Å². The third-order valence-electron chi connectivity index (χ3n) is 6.43. The van der Waals surface area contributed by atoms with Crippen LogP contribution in [0.3, 0.4) is 0 Å². The van der Waals surface area contributed by atoms with E-state index in [1.807, 2.05) is 18.2 Å². The fourth-order valence-electron chi connectivity index (χ4n) is 4.49. The van der Waals surface area contributed by atoms with Crippen LogP contribution in [0.1, 0.15) is 18.5 Å². The van der Waals surface area contributed by atoms with Gasteiger partial charge in [0, 0.05) is 57.4 Å². The number of aromatic nitrogens is 5. The average Bonchev–Trinajstić information content (AvgIpc) is 3.35. The Bertz CT molecular complexity index is 1360. The number of hydrogen-bond donors (Lipinski definition) is 2. The number of amides is 1. The van der Waals surface area contributed by atoms with Gasteiger partial charge < -0.3 is 20.1 Å². The Morgan fingerprint density at radius 1 is 1.20 bits per heavy atom. The van der Waals surface area contributed by atoms with Crippen molar-refractivity contribution in [3.8, 4) is 0 Å². The van der Waals surface area contributed by atoms with E-state index < -0.39 is 0 Å². The molecule has 1 saturated heterocycles. The van der Waals surface area contributed by atoms with Gasteiger partial charge in [-0.25, -0.2) is 15.0 Å². The molecule has 0 aliphatic carbocycles. The largest absolute Gasteiger partial charge is 0.367 e. The zero-order valence-corrected chi connectivity index (χ0v) is 20.7. The van der Waals surface area contributed by atoms with Gasteiger partial charge in [-0.2, -0.15) is 0 Å². The molecule has 35 heavy (non-hydrogen) atoms. The van der Waals surface area contributed by atoms with E-state index in [1.165, 1.54) is 6.33 Å². The van der Waals surface area contributed by atoms with Crippen LogP contribution in [0.4, 0.5) is 11.5 Å². The third-order valence-corrected chi connectivity index (χ3v) is 6.75.